The Balaban J connectivity index is 2.24. The maximum atomic E-state index is 11.0. The van der Waals surface area contributed by atoms with E-state index in [0.29, 0.717) is 16.9 Å². The fraction of sp³-hybridized carbons (Fsp3) is 0. The lowest BCUT2D eigenvalue weighted by Crippen LogP contribution is -1.81. The third-order valence-corrected chi connectivity index (χ3v) is 2.88. The number of nitrogens with zero attached hydrogens (tertiary/aromatic N) is 4. The van der Waals surface area contributed by atoms with Crippen molar-refractivity contribution in [1.82, 2.24) is 9.38 Å². The van der Waals surface area contributed by atoms with Crippen molar-refractivity contribution in [2.45, 2.75) is 0 Å². The number of fused-ring (bicyclic) bond motifs is 1. The number of benzene rings is 1. The minimum absolute atomic E-state index is 0.264. The van der Waals surface area contributed by atoms with Crippen LogP contribution in [0.5, 0.6) is 0 Å². The van der Waals surface area contributed by atoms with Gasteiger partial charge in [0.2, 0.25) is 5.82 Å². The van der Waals surface area contributed by atoms with E-state index in [0.717, 1.165) is 5.56 Å². The van der Waals surface area contributed by atoms with Crippen molar-refractivity contribution in [3.8, 4) is 17.3 Å². The van der Waals surface area contributed by atoms with Crippen LogP contribution in [-0.2, 0) is 0 Å². The van der Waals surface area contributed by atoms with Gasteiger partial charge in [0.25, 0.3) is 0 Å². The van der Waals surface area contributed by atoms with Crippen LogP contribution in [0.3, 0.4) is 0 Å². The zero-order chi connectivity index (χ0) is 13.2. The molecule has 2 aromatic heterocycles. The number of pyridine rings is 1. The van der Waals surface area contributed by atoms with Gasteiger partial charge in [-0.15, -0.1) is 4.91 Å². The molecule has 0 aliphatic heterocycles. The number of nitroso groups, excluding NO2 is 1. The van der Waals surface area contributed by atoms with Crippen molar-refractivity contribution in [3.05, 3.63) is 59.1 Å². The highest BCUT2D eigenvalue weighted by molar-refractivity contribution is 5.74. The van der Waals surface area contributed by atoms with Crippen molar-refractivity contribution in [3.63, 3.8) is 0 Å². The molecule has 0 saturated carbocycles. The Hall–Kier alpha value is -3.00. The van der Waals surface area contributed by atoms with Gasteiger partial charge < -0.3 is 0 Å². The highest BCUT2D eigenvalue weighted by Crippen LogP contribution is 2.30. The fourth-order valence-electron chi connectivity index (χ4n) is 1.97. The van der Waals surface area contributed by atoms with E-state index in [2.05, 4.69) is 16.2 Å². The van der Waals surface area contributed by atoms with Crippen molar-refractivity contribution in [1.29, 1.82) is 5.26 Å². The summed E-state index contributed by atoms with van der Waals surface area (Å²) in [5.74, 6) is 0.264. The number of nitriles is 1. The van der Waals surface area contributed by atoms with Gasteiger partial charge >= 0.3 is 0 Å². The minimum Gasteiger partial charge on any atom is -0.281 e. The lowest BCUT2D eigenvalue weighted by molar-refractivity contribution is 1.16. The topological polar surface area (TPSA) is 70.5 Å². The molecule has 0 radical (unpaired) electrons. The average Bonchev–Trinajstić information content (AvgIpc) is 2.85. The summed E-state index contributed by atoms with van der Waals surface area (Å²) in [6, 6.07) is 14.4. The third kappa shape index (κ3) is 1.76. The van der Waals surface area contributed by atoms with Crippen molar-refractivity contribution >= 4 is 11.5 Å². The van der Waals surface area contributed by atoms with Crippen molar-refractivity contribution in [2.24, 2.45) is 5.18 Å². The first-order valence-corrected chi connectivity index (χ1v) is 5.64. The van der Waals surface area contributed by atoms with E-state index in [1.165, 1.54) is 0 Å². The number of rotatable bonds is 2. The summed E-state index contributed by atoms with van der Waals surface area (Å²) in [5, 5.41) is 11.8. The molecule has 5 heteroatoms. The number of hydrogen-bond donors (Lipinski definition) is 0. The summed E-state index contributed by atoms with van der Waals surface area (Å²) in [7, 11) is 0. The molecule has 0 spiro atoms. The van der Waals surface area contributed by atoms with Crippen molar-refractivity contribution < 1.29 is 0 Å². The van der Waals surface area contributed by atoms with Crippen LogP contribution < -0.4 is 0 Å². The largest absolute Gasteiger partial charge is 0.281 e. The van der Waals surface area contributed by atoms with Gasteiger partial charge in [0.1, 0.15) is 11.3 Å². The molecular weight excluding hydrogens is 240 g/mol. The van der Waals surface area contributed by atoms with E-state index >= 15 is 0 Å². The second-order valence-corrected chi connectivity index (χ2v) is 3.99. The van der Waals surface area contributed by atoms with Crippen LogP contribution in [0, 0.1) is 16.2 Å². The van der Waals surface area contributed by atoms with Gasteiger partial charge in [-0.05, 0) is 29.4 Å². The van der Waals surface area contributed by atoms with Crippen molar-refractivity contribution in [2.75, 3.05) is 0 Å². The smallest absolute Gasteiger partial charge is 0.209 e. The molecule has 0 unspecified atom stereocenters. The fourth-order valence-corrected chi connectivity index (χ4v) is 1.97. The highest BCUT2D eigenvalue weighted by atomic mass is 16.3. The Labute approximate surface area is 108 Å². The van der Waals surface area contributed by atoms with Crippen LogP contribution in [0.15, 0.2) is 53.8 Å². The van der Waals surface area contributed by atoms with Gasteiger partial charge in [-0.25, -0.2) is 4.98 Å². The van der Waals surface area contributed by atoms with E-state index in [1.54, 1.807) is 34.9 Å². The van der Waals surface area contributed by atoms with Crippen LogP contribution >= 0.6 is 0 Å². The summed E-state index contributed by atoms with van der Waals surface area (Å²) in [6.45, 7) is 0. The molecule has 90 valence electrons. The van der Waals surface area contributed by atoms with Crippen LogP contribution in [0.2, 0.25) is 0 Å². The molecule has 1 aromatic carbocycles. The molecule has 3 aromatic rings. The third-order valence-electron chi connectivity index (χ3n) is 2.88. The molecule has 3 rings (SSSR count). The van der Waals surface area contributed by atoms with Gasteiger partial charge in [0, 0.05) is 11.8 Å². The first-order chi connectivity index (χ1) is 9.33. The average molecular weight is 248 g/mol. The monoisotopic (exact) mass is 248 g/mol. The highest BCUT2D eigenvalue weighted by Gasteiger charge is 2.14. The summed E-state index contributed by atoms with van der Waals surface area (Å²) in [4.78, 5) is 15.4. The molecule has 5 nitrogen and oxygen atoms in total. The summed E-state index contributed by atoms with van der Waals surface area (Å²) < 4.78 is 1.64. The molecule has 19 heavy (non-hydrogen) atoms. The summed E-state index contributed by atoms with van der Waals surface area (Å²) in [6.07, 6.45) is 1.74. The molecule has 0 amide bonds. The Morgan fingerprint density at radius 2 is 1.95 bits per heavy atom. The maximum absolute atomic E-state index is 11.0. The van der Waals surface area contributed by atoms with Gasteiger partial charge in [0.05, 0.1) is 11.6 Å². The molecule has 0 N–H and O–H groups in total. The Morgan fingerprint density at radius 1 is 1.16 bits per heavy atom. The number of aromatic nitrogens is 2. The maximum Gasteiger partial charge on any atom is 0.209 e. The standard InChI is InChI=1S/C14H8N4O/c15-9-10-4-6-11(7-5-10)13-14(17-19)18-8-2-1-3-12(18)16-13/h1-8H. The number of imidazole rings is 1. The summed E-state index contributed by atoms with van der Waals surface area (Å²) >= 11 is 0. The molecule has 0 bridgehead atoms. The molecule has 0 aliphatic rings. The quantitative estimate of drug-likeness (QED) is 0.653. The predicted molar refractivity (Wildman–Crippen MR) is 70.8 cm³/mol. The zero-order valence-corrected chi connectivity index (χ0v) is 9.82. The van der Waals surface area contributed by atoms with Gasteiger partial charge in [0.15, 0.2) is 0 Å². The number of hydrogen-bond acceptors (Lipinski definition) is 4. The lowest BCUT2D eigenvalue weighted by atomic mass is 10.1. The lowest BCUT2D eigenvalue weighted by Gasteiger charge is -1.97. The van der Waals surface area contributed by atoms with Gasteiger partial charge in [-0.1, -0.05) is 18.2 Å². The molecule has 0 fully saturated rings. The Kier molecular flexibility index (Phi) is 2.54. The molecular formula is C14H8N4O. The Morgan fingerprint density at radius 3 is 2.63 bits per heavy atom. The second-order valence-electron chi connectivity index (χ2n) is 3.99. The van der Waals surface area contributed by atoms with E-state index in [4.69, 9.17) is 5.26 Å². The van der Waals surface area contributed by atoms with Crippen LogP contribution in [0.25, 0.3) is 16.9 Å². The van der Waals surface area contributed by atoms with Gasteiger partial charge in [-0.2, -0.15) is 5.26 Å². The van der Waals surface area contributed by atoms with E-state index in [1.807, 2.05) is 18.2 Å². The predicted octanol–water partition coefficient (Wildman–Crippen LogP) is 3.27. The molecule has 0 atom stereocenters. The SMILES string of the molecule is N#Cc1ccc(-c2nc3ccccn3c2N=O)cc1. The minimum atomic E-state index is 0.264. The van der Waals surface area contributed by atoms with Gasteiger partial charge in [-0.3, -0.25) is 4.40 Å². The molecule has 0 aliphatic carbocycles. The van der Waals surface area contributed by atoms with E-state index < -0.39 is 0 Å². The van der Waals surface area contributed by atoms with E-state index in [-0.39, 0.29) is 5.82 Å². The zero-order valence-electron chi connectivity index (χ0n) is 9.82. The normalized spacial score (nSPS) is 10.3. The molecule has 0 saturated heterocycles. The Bertz CT molecular complexity index is 796. The summed E-state index contributed by atoms with van der Waals surface area (Å²) in [5.41, 5.74) is 2.51. The van der Waals surface area contributed by atoms with Crippen LogP contribution in [-0.4, -0.2) is 9.38 Å². The second kappa shape index (κ2) is 4.35. The molecule has 2 heterocycles. The first kappa shape index (κ1) is 11.1. The van der Waals surface area contributed by atoms with E-state index in [9.17, 15) is 4.91 Å². The van der Waals surface area contributed by atoms with Crippen LogP contribution in [0.4, 0.5) is 5.82 Å². The van der Waals surface area contributed by atoms with Crippen LogP contribution in [0.1, 0.15) is 5.56 Å². The first-order valence-electron chi connectivity index (χ1n) is 5.64.